The van der Waals surface area contributed by atoms with Crippen molar-refractivity contribution in [2.75, 3.05) is 0 Å². The van der Waals surface area contributed by atoms with Crippen molar-refractivity contribution < 1.29 is 0 Å². The highest BCUT2D eigenvalue weighted by Gasteiger charge is 2.62. The van der Waals surface area contributed by atoms with Gasteiger partial charge >= 0.3 is 0 Å². The molecule has 4 saturated carbocycles. The summed E-state index contributed by atoms with van der Waals surface area (Å²) >= 11 is 0. The molecule has 0 N–H and O–H groups in total. The van der Waals surface area contributed by atoms with Gasteiger partial charge in [0.25, 0.3) is 0 Å². The summed E-state index contributed by atoms with van der Waals surface area (Å²) in [6.07, 6.45) is 14.7. The van der Waals surface area contributed by atoms with Crippen molar-refractivity contribution in [2.24, 2.45) is 52.3 Å². The highest BCUT2D eigenvalue weighted by Crippen LogP contribution is 2.70. The van der Waals surface area contributed by atoms with Crippen LogP contribution in [0, 0.1) is 63.6 Å². The summed E-state index contributed by atoms with van der Waals surface area (Å²) in [4.78, 5) is 0. The summed E-state index contributed by atoms with van der Waals surface area (Å²) in [6.45, 7) is 19.0. The molecule has 9 unspecified atom stereocenters. The van der Waals surface area contributed by atoms with Crippen molar-refractivity contribution >= 4 is 0 Å². The third-order valence-electron chi connectivity index (χ3n) is 11.1. The molecule has 1 heteroatoms. The van der Waals surface area contributed by atoms with Crippen molar-refractivity contribution in [3.8, 4) is 6.07 Å². The quantitative estimate of drug-likeness (QED) is 0.332. The molecule has 30 heavy (non-hydrogen) atoms. The van der Waals surface area contributed by atoms with Crippen molar-refractivity contribution in [1.82, 2.24) is 0 Å². The first-order chi connectivity index (χ1) is 14.3. The predicted molar refractivity (Wildman–Crippen MR) is 127 cm³/mol. The zero-order valence-corrected chi connectivity index (χ0v) is 20.2. The molecule has 0 radical (unpaired) electrons. The van der Waals surface area contributed by atoms with Gasteiger partial charge < -0.3 is 0 Å². The van der Waals surface area contributed by atoms with Crippen LogP contribution in [0.5, 0.6) is 0 Å². The fraction of sp³-hybridized carbons (Fsp3) is 0.828. The van der Waals surface area contributed by atoms with E-state index in [2.05, 4.69) is 40.3 Å². The van der Waals surface area contributed by atoms with E-state index in [1.54, 1.807) is 5.57 Å². The molecule has 4 aliphatic rings. The lowest BCUT2D eigenvalue weighted by Crippen LogP contribution is -2.56. The lowest BCUT2D eigenvalue weighted by Gasteiger charge is -2.63. The fourth-order valence-corrected chi connectivity index (χ4v) is 9.59. The highest BCUT2D eigenvalue weighted by atomic mass is 14.7. The Bertz CT molecular complexity index is 727. The Morgan fingerprint density at radius 1 is 1.07 bits per heavy atom. The molecule has 4 aliphatic carbocycles. The average Bonchev–Trinajstić information content (AvgIpc) is 3.09. The lowest BCUT2D eigenvalue weighted by molar-refractivity contribution is -0.108. The van der Waals surface area contributed by atoms with Crippen LogP contribution in [0.1, 0.15) is 98.3 Å². The normalized spacial score (nSPS) is 46.3. The monoisotopic (exact) mass is 407 g/mol. The van der Waals surface area contributed by atoms with Gasteiger partial charge in [-0.2, -0.15) is 5.26 Å². The molecule has 0 spiro atoms. The Labute approximate surface area is 186 Å². The maximum Gasteiger partial charge on any atom is 0.0940 e. The van der Waals surface area contributed by atoms with E-state index >= 15 is 0 Å². The maximum absolute atomic E-state index is 9.12. The summed E-state index contributed by atoms with van der Waals surface area (Å²) in [5.74, 6) is 5.63. The van der Waals surface area contributed by atoms with E-state index in [0.29, 0.717) is 16.7 Å². The van der Waals surface area contributed by atoms with Gasteiger partial charge in [-0.05, 0) is 110 Å². The van der Waals surface area contributed by atoms with Gasteiger partial charge in [0.05, 0.1) is 6.07 Å². The second-order valence-electron chi connectivity index (χ2n) is 12.1. The zero-order valence-electron chi connectivity index (χ0n) is 20.2. The lowest BCUT2D eigenvalue weighted by atomic mass is 9.41. The maximum atomic E-state index is 9.12. The highest BCUT2D eigenvalue weighted by molar-refractivity contribution is 5.24. The minimum absolute atomic E-state index is 0.466. The molecule has 4 fully saturated rings. The van der Waals surface area contributed by atoms with Crippen LogP contribution in [-0.2, 0) is 0 Å². The van der Waals surface area contributed by atoms with Gasteiger partial charge in [-0.25, -0.2) is 0 Å². The van der Waals surface area contributed by atoms with Crippen LogP contribution >= 0.6 is 0 Å². The number of allylic oxidation sites excluding steroid dienone is 2. The third-order valence-corrected chi connectivity index (χ3v) is 11.1. The first-order valence-electron chi connectivity index (χ1n) is 13.0. The minimum Gasteiger partial charge on any atom is -0.193 e. The van der Waals surface area contributed by atoms with E-state index in [0.717, 1.165) is 53.9 Å². The van der Waals surface area contributed by atoms with Gasteiger partial charge in [0.15, 0.2) is 0 Å². The van der Waals surface area contributed by atoms with Crippen LogP contribution in [-0.4, -0.2) is 0 Å². The molecule has 0 aromatic rings. The van der Waals surface area contributed by atoms with E-state index in [1.165, 1.54) is 57.8 Å². The largest absolute Gasteiger partial charge is 0.193 e. The first kappa shape index (κ1) is 22.2. The molecular weight excluding hydrogens is 362 g/mol. The van der Waals surface area contributed by atoms with Crippen molar-refractivity contribution in [1.29, 1.82) is 5.26 Å². The number of fused-ring (bicyclic) bond motifs is 5. The van der Waals surface area contributed by atoms with Crippen molar-refractivity contribution in [3.63, 3.8) is 0 Å². The zero-order chi connectivity index (χ0) is 21.7. The van der Waals surface area contributed by atoms with Gasteiger partial charge in [0, 0.05) is 5.57 Å². The Balaban J connectivity index is 1.60. The molecule has 0 aromatic carbocycles. The van der Waals surface area contributed by atoms with Crippen LogP contribution < -0.4 is 0 Å². The molecule has 0 amide bonds. The summed E-state index contributed by atoms with van der Waals surface area (Å²) in [5.41, 5.74) is 3.44. The Morgan fingerprint density at radius 2 is 1.80 bits per heavy atom. The predicted octanol–water partition coefficient (Wildman–Crippen LogP) is 8.33. The van der Waals surface area contributed by atoms with E-state index in [9.17, 15) is 0 Å². The van der Waals surface area contributed by atoms with Crippen LogP contribution in [0.4, 0.5) is 0 Å². The van der Waals surface area contributed by atoms with Crippen molar-refractivity contribution in [2.45, 2.75) is 98.3 Å². The number of rotatable bonds is 5. The van der Waals surface area contributed by atoms with Gasteiger partial charge in [0.2, 0.25) is 0 Å². The van der Waals surface area contributed by atoms with Crippen LogP contribution in [0.2, 0.25) is 0 Å². The Hall–Kier alpha value is -1.03. The molecule has 0 aliphatic heterocycles. The molecule has 1 nitrogen and oxygen atoms in total. The van der Waals surface area contributed by atoms with Crippen LogP contribution in [0.25, 0.3) is 0 Å². The van der Waals surface area contributed by atoms with E-state index in [1.807, 2.05) is 0 Å². The fourth-order valence-electron chi connectivity index (χ4n) is 9.59. The van der Waals surface area contributed by atoms with Crippen LogP contribution in [0.3, 0.4) is 0 Å². The van der Waals surface area contributed by atoms with E-state index < -0.39 is 0 Å². The molecule has 166 valence electrons. The van der Waals surface area contributed by atoms with Gasteiger partial charge in [-0.15, -0.1) is 0 Å². The number of hydrogen-bond donors (Lipinski definition) is 0. The topological polar surface area (TPSA) is 23.8 Å². The standard InChI is InChI=1S/C29H45N/c1-7-22-21(4)27-25-14-13-23(20(3)12-11-19(2)18-30)29(25,6)17-15-26(27)28(5)16-9-8-10-24(22)28/h20,22-27H,2,4,7-17H2,1,3,5-6H3. The van der Waals surface area contributed by atoms with Crippen LogP contribution in [0.15, 0.2) is 24.3 Å². The van der Waals surface area contributed by atoms with E-state index in [-0.39, 0.29) is 0 Å². The van der Waals surface area contributed by atoms with E-state index in [4.69, 9.17) is 11.8 Å². The SMILES string of the molecule is C=C(C#N)CCC(C)C1CCC2C3C(=C)C(CC)C4CCCCC4(C)C3CCC12C. The first-order valence-corrected chi connectivity index (χ1v) is 13.0. The molecule has 4 rings (SSSR count). The second-order valence-corrected chi connectivity index (χ2v) is 12.1. The van der Waals surface area contributed by atoms with Gasteiger partial charge in [-0.3, -0.25) is 0 Å². The Morgan fingerprint density at radius 3 is 2.50 bits per heavy atom. The number of nitrogens with zero attached hydrogens (tertiary/aromatic N) is 1. The summed E-state index contributed by atoms with van der Waals surface area (Å²) in [5, 5.41) is 9.12. The summed E-state index contributed by atoms with van der Waals surface area (Å²) in [6, 6.07) is 2.26. The Kier molecular flexibility index (Phi) is 6.02. The molecule has 0 saturated heterocycles. The molecule has 0 aromatic heterocycles. The summed E-state index contributed by atoms with van der Waals surface area (Å²) < 4.78 is 0. The molecule has 0 heterocycles. The average molecular weight is 408 g/mol. The third kappa shape index (κ3) is 3.24. The minimum atomic E-state index is 0.466. The van der Waals surface area contributed by atoms with Gasteiger partial charge in [0.1, 0.15) is 0 Å². The smallest absolute Gasteiger partial charge is 0.0940 e. The number of nitriles is 1. The molecular formula is C29H45N. The summed E-state index contributed by atoms with van der Waals surface area (Å²) in [7, 11) is 0. The van der Waals surface area contributed by atoms with Gasteiger partial charge in [-0.1, -0.05) is 59.3 Å². The second kappa shape index (κ2) is 8.15. The van der Waals surface area contributed by atoms with Crippen molar-refractivity contribution in [3.05, 3.63) is 24.3 Å². The molecule has 0 bridgehead atoms. The molecule has 9 atom stereocenters. The number of hydrogen-bond acceptors (Lipinski definition) is 1.